The molecule has 0 unspecified atom stereocenters. The van der Waals surface area contributed by atoms with Crippen LogP contribution in [-0.2, 0) is 16.2 Å². The lowest BCUT2D eigenvalue weighted by Gasteiger charge is -2.15. The average Bonchev–Trinajstić information content (AvgIpc) is 3.26. The highest BCUT2D eigenvalue weighted by Crippen LogP contribution is 2.38. The third kappa shape index (κ3) is 4.87. The minimum atomic E-state index is -4.93. The number of carbonyl (C=O) groups excluding carboxylic acids is 1. The fourth-order valence-corrected chi connectivity index (χ4v) is 4.45. The third-order valence-corrected chi connectivity index (χ3v) is 6.31. The maximum atomic E-state index is 15.7. The summed E-state index contributed by atoms with van der Waals surface area (Å²) >= 11 is 0. The summed E-state index contributed by atoms with van der Waals surface area (Å²) in [6.07, 6.45) is -2.68. The molecule has 5 N–H and O–H groups in total. The number of nitrogens with zero attached hydrogens (tertiary/aromatic N) is 2. The minimum absolute atomic E-state index is 0.0228. The van der Waals surface area contributed by atoms with E-state index in [1.807, 2.05) is 0 Å². The van der Waals surface area contributed by atoms with Gasteiger partial charge in [0.05, 0.1) is 33.6 Å². The molecule has 0 fully saturated rings. The predicted octanol–water partition coefficient (Wildman–Crippen LogP) is 3.20. The van der Waals surface area contributed by atoms with Gasteiger partial charge in [-0.15, -0.1) is 0 Å². The van der Waals surface area contributed by atoms with Crippen molar-refractivity contribution in [3.8, 4) is 11.1 Å². The molecule has 4 aromatic rings. The zero-order valence-electron chi connectivity index (χ0n) is 18.4. The molecule has 15 heteroatoms. The zero-order valence-corrected chi connectivity index (χ0v) is 19.2. The Morgan fingerprint density at radius 3 is 2.49 bits per heavy atom. The number of rotatable bonds is 7. The summed E-state index contributed by atoms with van der Waals surface area (Å²) in [7, 11) is -4.65. The predicted molar refractivity (Wildman–Crippen MR) is 121 cm³/mol. The maximum absolute atomic E-state index is 15.7. The summed E-state index contributed by atoms with van der Waals surface area (Å²) in [5.74, 6) is -4.12. The van der Waals surface area contributed by atoms with Gasteiger partial charge in [-0.25, -0.2) is 32.3 Å². The molecule has 2 aromatic heterocycles. The molecule has 37 heavy (non-hydrogen) atoms. The van der Waals surface area contributed by atoms with Crippen LogP contribution in [0.1, 0.15) is 21.5 Å². The Morgan fingerprint density at radius 2 is 1.84 bits per heavy atom. The summed E-state index contributed by atoms with van der Waals surface area (Å²) in [5.41, 5.74) is -4.26. The number of H-pyrrole nitrogens is 1. The van der Waals surface area contributed by atoms with Gasteiger partial charge >= 0.3 is 6.18 Å². The molecule has 0 aliphatic heterocycles. The van der Waals surface area contributed by atoms with Gasteiger partial charge in [0.1, 0.15) is 29.4 Å². The Labute approximate surface area is 205 Å². The molecule has 0 aliphatic carbocycles. The van der Waals surface area contributed by atoms with Crippen LogP contribution in [0.25, 0.3) is 22.2 Å². The minimum Gasteiger partial charge on any atom is -0.395 e. The van der Waals surface area contributed by atoms with Crippen LogP contribution < -0.4 is 10.5 Å². The van der Waals surface area contributed by atoms with E-state index in [1.165, 1.54) is 0 Å². The second-order valence-electron chi connectivity index (χ2n) is 7.67. The van der Waals surface area contributed by atoms with E-state index < -0.39 is 60.8 Å². The number of anilines is 1. The standard InChI is InChI=1S/C22H16F5N5O4S/c23-14-3-2-11(12-7-10(22(25,26)27)1-4-15(12)37(28,35)36)18(24)17(14)19(34)13-8-30-21-16(13)20(29-5-6-33)31-9-32-21/h1-4,7-9,33H,5-6H2,(H2,28,35,36)(H2,29,30,31,32). The van der Waals surface area contributed by atoms with Gasteiger partial charge in [0.2, 0.25) is 15.8 Å². The quantitative estimate of drug-likeness (QED) is 0.207. The molecular formula is C22H16F5N5O4S. The molecule has 0 spiro atoms. The van der Waals surface area contributed by atoms with E-state index in [1.54, 1.807) is 0 Å². The van der Waals surface area contributed by atoms with Gasteiger partial charge < -0.3 is 15.4 Å². The number of benzene rings is 2. The number of ketones is 1. The molecule has 2 aromatic carbocycles. The highest BCUT2D eigenvalue weighted by Gasteiger charge is 2.33. The average molecular weight is 541 g/mol. The number of alkyl halides is 3. The van der Waals surface area contributed by atoms with Crippen molar-refractivity contribution in [2.24, 2.45) is 5.14 Å². The Morgan fingerprint density at radius 1 is 1.11 bits per heavy atom. The number of hydrogen-bond acceptors (Lipinski definition) is 7. The summed E-state index contributed by atoms with van der Waals surface area (Å²) < 4.78 is 94.5. The van der Waals surface area contributed by atoms with Gasteiger partial charge in [-0.3, -0.25) is 4.79 Å². The zero-order chi connectivity index (χ0) is 27.1. The number of fused-ring (bicyclic) bond motifs is 1. The van der Waals surface area contributed by atoms with Crippen LogP contribution in [0.15, 0.2) is 47.8 Å². The topological polar surface area (TPSA) is 151 Å². The number of primary sulfonamides is 1. The third-order valence-electron chi connectivity index (χ3n) is 5.34. The first-order valence-electron chi connectivity index (χ1n) is 10.3. The number of carbonyl (C=O) groups is 1. The van der Waals surface area contributed by atoms with E-state index in [9.17, 15) is 30.8 Å². The van der Waals surface area contributed by atoms with Gasteiger partial charge in [-0.2, -0.15) is 13.2 Å². The van der Waals surface area contributed by atoms with E-state index in [2.05, 4.69) is 20.3 Å². The van der Waals surface area contributed by atoms with Gasteiger partial charge in [-0.1, -0.05) is 0 Å². The van der Waals surface area contributed by atoms with Crippen molar-refractivity contribution in [2.45, 2.75) is 11.1 Å². The summed E-state index contributed by atoms with van der Waals surface area (Å²) in [6.45, 7) is -0.275. The first kappa shape index (κ1) is 26.1. The molecule has 194 valence electrons. The fourth-order valence-electron chi connectivity index (χ4n) is 3.72. The lowest BCUT2D eigenvalue weighted by atomic mass is 9.95. The first-order valence-corrected chi connectivity index (χ1v) is 11.8. The van der Waals surface area contributed by atoms with Crippen LogP contribution in [0.2, 0.25) is 0 Å². The van der Waals surface area contributed by atoms with Gasteiger partial charge in [0, 0.05) is 23.9 Å². The molecular weight excluding hydrogens is 525 g/mol. The number of aromatic amines is 1. The highest BCUT2D eigenvalue weighted by atomic mass is 32.2. The molecule has 0 saturated carbocycles. The fraction of sp³-hybridized carbons (Fsp3) is 0.136. The number of aromatic nitrogens is 3. The number of aliphatic hydroxyl groups excluding tert-OH is 1. The van der Waals surface area contributed by atoms with E-state index in [-0.39, 0.29) is 35.6 Å². The Balaban J connectivity index is 1.94. The molecule has 0 radical (unpaired) electrons. The second-order valence-corrected chi connectivity index (χ2v) is 9.20. The number of nitrogens with one attached hydrogen (secondary N) is 2. The van der Waals surface area contributed by atoms with Crippen molar-refractivity contribution >= 4 is 32.7 Å². The lowest BCUT2D eigenvalue weighted by molar-refractivity contribution is -0.137. The number of aliphatic hydroxyl groups is 1. The number of sulfonamides is 1. The first-order chi connectivity index (χ1) is 17.3. The molecule has 0 bridgehead atoms. The van der Waals surface area contributed by atoms with E-state index in [0.29, 0.717) is 30.3 Å². The summed E-state index contributed by atoms with van der Waals surface area (Å²) in [4.78, 5) is 23.0. The van der Waals surface area contributed by atoms with Crippen LogP contribution in [0, 0.1) is 11.6 Å². The maximum Gasteiger partial charge on any atom is 0.416 e. The highest BCUT2D eigenvalue weighted by molar-refractivity contribution is 7.89. The SMILES string of the molecule is NS(=O)(=O)c1ccc(C(F)(F)F)cc1-c1ccc(F)c(C(=O)c2c[nH]c3ncnc(NCCO)c23)c1F. The monoisotopic (exact) mass is 541 g/mol. The van der Waals surface area contributed by atoms with Crippen LogP contribution in [0.3, 0.4) is 0 Å². The van der Waals surface area contributed by atoms with Gasteiger partial charge in [0.25, 0.3) is 0 Å². The Kier molecular flexibility index (Phi) is 6.70. The van der Waals surface area contributed by atoms with E-state index in [4.69, 9.17) is 10.2 Å². The van der Waals surface area contributed by atoms with Crippen molar-refractivity contribution in [3.63, 3.8) is 0 Å². The van der Waals surface area contributed by atoms with Crippen molar-refractivity contribution in [3.05, 3.63) is 71.2 Å². The molecule has 9 nitrogen and oxygen atoms in total. The van der Waals surface area contributed by atoms with Crippen LogP contribution in [0.4, 0.5) is 27.8 Å². The van der Waals surface area contributed by atoms with Crippen LogP contribution >= 0.6 is 0 Å². The number of nitrogens with two attached hydrogens (primary N) is 1. The van der Waals surface area contributed by atoms with Gasteiger partial charge in [-0.05, 0) is 30.3 Å². The summed E-state index contributed by atoms with van der Waals surface area (Å²) in [5, 5.41) is 16.9. The van der Waals surface area contributed by atoms with Crippen LogP contribution in [0.5, 0.6) is 0 Å². The van der Waals surface area contributed by atoms with Crippen molar-refractivity contribution in [1.29, 1.82) is 0 Å². The molecule has 2 heterocycles. The molecule has 0 atom stereocenters. The molecule has 0 saturated heterocycles. The largest absolute Gasteiger partial charge is 0.416 e. The Hall–Kier alpha value is -3.95. The van der Waals surface area contributed by atoms with Crippen molar-refractivity contribution in [2.75, 3.05) is 18.5 Å². The van der Waals surface area contributed by atoms with Crippen molar-refractivity contribution < 1.29 is 40.3 Å². The second kappa shape index (κ2) is 9.49. The molecule has 4 rings (SSSR count). The Bertz CT molecular complexity index is 1640. The van der Waals surface area contributed by atoms with E-state index in [0.717, 1.165) is 12.5 Å². The van der Waals surface area contributed by atoms with Crippen molar-refractivity contribution in [1.82, 2.24) is 15.0 Å². The molecule has 0 aliphatic rings. The van der Waals surface area contributed by atoms with Crippen LogP contribution in [-0.4, -0.2) is 47.4 Å². The normalized spacial score (nSPS) is 12.2. The summed E-state index contributed by atoms with van der Waals surface area (Å²) in [6, 6.07) is 2.67. The number of halogens is 5. The van der Waals surface area contributed by atoms with E-state index >= 15 is 4.39 Å². The lowest BCUT2D eigenvalue weighted by Crippen LogP contribution is -2.16. The number of hydrogen-bond donors (Lipinski definition) is 4. The molecule has 0 amide bonds. The van der Waals surface area contributed by atoms with Gasteiger partial charge in [0.15, 0.2) is 0 Å². The smallest absolute Gasteiger partial charge is 0.395 e.